The highest BCUT2D eigenvalue weighted by atomic mass is 15.3. The van der Waals surface area contributed by atoms with Gasteiger partial charge in [0.1, 0.15) is 12.2 Å². The predicted octanol–water partition coefficient (Wildman–Crippen LogP) is 3.06. The monoisotopic (exact) mass is 276 g/mol. The van der Waals surface area contributed by atoms with E-state index in [-0.39, 0.29) is 5.41 Å². The minimum absolute atomic E-state index is 0.112. The van der Waals surface area contributed by atoms with Crippen molar-refractivity contribution < 1.29 is 0 Å². The highest BCUT2D eigenvalue weighted by Gasteiger charge is 2.37. The molecule has 0 spiro atoms. The zero-order valence-corrected chi connectivity index (χ0v) is 12.9. The van der Waals surface area contributed by atoms with Crippen molar-refractivity contribution in [1.82, 2.24) is 20.1 Å². The molecule has 20 heavy (non-hydrogen) atoms. The van der Waals surface area contributed by atoms with Crippen molar-refractivity contribution in [3.63, 3.8) is 0 Å². The van der Waals surface area contributed by atoms with E-state index < -0.39 is 0 Å². The molecule has 2 heterocycles. The van der Waals surface area contributed by atoms with Gasteiger partial charge in [0.2, 0.25) is 0 Å². The Balaban J connectivity index is 1.83. The molecule has 1 aromatic rings. The lowest BCUT2D eigenvalue weighted by molar-refractivity contribution is 0.224. The molecule has 1 aromatic heterocycles. The van der Waals surface area contributed by atoms with Crippen LogP contribution in [0.2, 0.25) is 0 Å². The number of piperidine rings is 1. The van der Waals surface area contributed by atoms with E-state index in [0.29, 0.717) is 12.0 Å². The van der Waals surface area contributed by atoms with E-state index in [1.807, 2.05) is 6.33 Å². The molecular formula is C16H28N4. The van der Waals surface area contributed by atoms with Gasteiger partial charge in [-0.1, -0.05) is 33.1 Å². The van der Waals surface area contributed by atoms with Crippen LogP contribution in [-0.4, -0.2) is 27.9 Å². The first kappa shape index (κ1) is 14.1. The maximum atomic E-state index is 4.52. The molecule has 1 aliphatic heterocycles. The summed E-state index contributed by atoms with van der Waals surface area (Å²) in [6.45, 7) is 6.99. The van der Waals surface area contributed by atoms with Crippen molar-refractivity contribution in [2.45, 2.75) is 70.3 Å². The van der Waals surface area contributed by atoms with Crippen LogP contribution in [0.25, 0.3) is 0 Å². The van der Waals surface area contributed by atoms with E-state index in [0.717, 1.165) is 6.54 Å². The smallest absolute Gasteiger partial charge is 0.139 e. The normalized spacial score (nSPS) is 25.8. The first-order valence-corrected chi connectivity index (χ1v) is 8.30. The summed E-state index contributed by atoms with van der Waals surface area (Å²) in [5, 5.41) is 12.3. The molecule has 0 bridgehead atoms. The summed E-state index contributed by atoms with van der Waals surface area (Å²) >= 11 is 0. The molecule has 4 nitrogen and oxygen atoms in total. The number of hydrogen-bond donors (Lipinski definition) is 1. The second-order valence-electron chi connectivity index (χ2n) is 7.12. The van der Waals surface area contributed by atoms with E-state index in [2.05, 4.69) is 33.9 Å². The van der Waals surface area contributed by atoms with Crippen molar-refractivity contribution >= 4 is 0 Å². The summed E-state index contributed by atoms with van der Waals surface area (Å²) in [5.41, 5.74) is 0.112. The fourth-order valence-corrected chi connectivity index (χ4v) is 3.98. The van der Waals surface area contributed by atoms with Crippen LogP contribution in [0.5, 0.6) is 0 Å². The van der Waals surface area contributed by atoms with Crippen molar-refractivity contribution in [2.75, 3.05) is 13.1 Å². The lowest BCUT2D eigenvalue weighted by atomic mass is 9.74. The van der Waals surface area contributed by atoms with E-state index in [1.54, 1.807) is 0 Å². The van der Waals surface area contributed by atoms with Crippen LogP contribution in [0, 0.1) is 5.92 Å². The summed E-state index contributed by atoms with van der Waals surface area (Å²) in [5.74, 6) is 1.88. The second-order valence-corrected chi connectivity index (χ2v) is 7.12. The van der Waals surface area contributed by atoms with Crippen LogP contribution in [0.1, 0.15) is 70.7 Å². The van der Waals surface area contributed by atoms with Gasteiger partial charge >= 0.3 is 0 Å². The van der Waals surface area contributed by atoms with E-state index in [4.69, 9.17) is 0 Å². The molecule has 3 rings (SSSR count). The fourth-order valence-electron chi connectivity index (χ4n) is 3.98. The molecule has 4 heteroatoms. The zero-order chi connectivity index (χ0) is 14.0. The van der Waals surface area contributed by atoms with Crippen LogP contribution in [-0.2, 0) is 5.41 Å². The molecule has 2 fully saturated rings. The molecule has 112 valence electrons. The number of hydrogen-bond acceptors (Lipinski definition) is 3. The molecule has 1 atom stereocenters. The largest absolute Gasteiger partial charge is 0.316 e. The molecule has 0 amide bonds. The average molecular weight is 276 g/mol. The Morgan fingerprint density at radius 1 is 1.15 bits per heavy atom. The van der Waals surface area contributed by atoms with Gasteiger partial charge in [-0.05, 0) is 44.7 Å². The third-order valence-electron chi connectivity index (χ3n) is 5.43. The van der Waals surface area contributed by atoms with Gasteiger partial charge in [-0.25, -0.2) is 0 Å². The van der Waals surface area contributed by atoms with E-state index in [9.17, 15) is 0 Å². The van der Waals surface area contributed by atoms with Gasteiger partial charge in [-0.15, -0.1) is 10.2 Å². The first-order valence-electron chi connectivity index (χ1n) is 8.30. The fraction of sp³-hybridized carbons (Fsp3) is 0.875. The van der Waals surface area contributed by atoms with Gasteiger partial charge in [0.05, 0.1) is 0 Å². The number of nitrogens with one attached hydrogen (secondary N) is 1. The van der Waals surface area contributed by atoms with Gasteiger partial charge in [-0.3, -0.25) is 0 Å². The van der Waals surface area contributed by atoms with Gasteiger partial charge < -0.3 is 9.88 Å². The maximum Gasteiger partial charge on any atom is 0.139 e. The standard InChI is InChI=1S/C16H28N4/c1-16(2,13-7-6-10-17-11-13)15-19-18-12-20(15)14-8-4-3-5-9-14/h12-14,17H,3-11H2,1-2H3. The van der Waals surface area contributed by atoms with Crippen LogP contribution < -0.4 is 5.32 Å². The Labute approximate surface area is 122 Å². The number of nitrogens with zero attached hydrogens (tertiary/aromatic N) is 3. The lowest BCUT2D eigenvalue weighted by Crippen LogP contribution is -2.42. The van der Waals surface area contributed by atoms with Crippen molar-refractivity contribution in [1.29, 1.82) is 0 Å². The lowest BCUT2D eigenvalue weighted by Gasteiger charge is -2.38. The summed E-state index contributed by atoms with van der Waals surface area (Å²) in [7, 11) is 0. The van der Waals surface area contributed by atoms with Crippen LogP contribution in [0.15, 0.2) is 6.33 Å². The van der Waals surface area contributed by atoms with Crippen molar-refractivity contribution in [3.05, 3.63) is 12.2 Å². The maximum absolute atomic E-state index is 4.52. The van der Waals surface area contributed by atoms with Gasteiger partial charge in [0.25, 0.3) is 0 Å². The van der Waals surface area contributed by atoms with Crippen LogP contribution in [0.3, 0.4) is 0 Å². The molecule has 1 saturated heterocycles. The Morgan fingerprint density at radius 3 is 2.65 bits per heavy atom. The summed E-state index contributed by atoms with van der Waals surface area (Å²) in [4.78, 5) is 0. The van der Waals surface area contributed by atoms with Crippen LogP contribution >= 0.6 is 0 Å². The second kappa shape index (κ2) is 5.84. The zero-order valence-electron chi connectivity index (χ0n) is 12.9. The molecule has 1 N–H and O–H groups in total. The van der Waals surface area contributed by atoms with Crippen molar-refractivity contribution in [2.24, 2.45) is 5.92 Å². The first-order chi connectivity index (χ1) is 9.69. The summed E-state index contributed by atoms with van der Waals surface area (Å²) in [6, 6.07) is 0.629. The average Bonchev–Trinajstić information content (AvgIpc) is 2.99. The van der Waals surface area contributed by atoms with E-state index >= 15 is 0 Å². The molecule has 1 unspecified atom stereocenters. The Hall–Kier alpha value is -0.900. The Morgan fingerprint density at radius 2 is 1.95 bits per heavy atom. The summed E-state index contributed by atoms with van der Waals surface area (Å²) < 4.78 is 2.40. The molecule has 0 radical (unpaired) electrons. The minimum Gasteiger partial charge on any atom is -0.316 e. The predicted molar refractivity (Wildman–Crippen MR) is 80.8 cm³/mol. The highest BCUT2D eigenvalue weighted by Crippen LogP contribution is 2.37. The molecule has 1 saturated carbocycles. The Kier molecular flexibility index (Phi) is 4.11. The summed E-state index contributed by atoms with van der Waals surface area (Å²) in [6.07, 6.45) is 11.3. The molecular weight excluding hydrogens is 248 g/mol. The van der Waals surface area contributed by atoms with Gasteiger partial charge in [0, 0.05) is 11.5 Å². The molecule has 2 aliphatic rings. The van der Waals surface area contributed by atoms with Gasteiger partial charge in [0.15, 0.2) is 0 Å². The SMILES string of the molecule is CC(C)(c1nncn1C1CCCCC1)C1CCCNC1. The Bertz CT molecular complexity index is 425. The highest BCUT2D eigenvalue weighted by molar-refractivity contribution is 5.09. The number of aromatic nitrogens is 3. The van der Waals surface area contributed by atoms with Gasteiger partial charge in [-0.2, -0.15) is 0 Å². The van der Waals surface area contributed by atoms with Crippen LogP contribution in [0.4, 0.5) is 0 Å². The number of rotatable bonds is 3. The van der Waals surface area contributed by atoms with E-state index in [1.165, 1.54) is 57.3 Å². The third-order valence-corrected chi connectivity index (χ3v) is 5.43. The molecule has 0 aromatic carbocycles. The van der Waals surface area contributed by atoms with Crippen molar-refractivity contribution in [3.8, 4) is 0 Å². The molecule has 1 aliphatic carbocycles. The topological polar surface area (TPSA) is 42.7 Å². The minimum atomic E-state index is 0.112. The third kappa shape index (κ3) is 2.62. The quantitative estimate of drug-likeness (QED) is 0.922.